The summed E-state index contributed by atoms with van der Waals surface area (Å²) in [6, 6.07) is 0. The smallest absolute Gasteiger partial charge is 0.367 e. The molecule has 0 amide bonds. The van der Waals surface area contributed by atoms with Crippen molar-refractivity contribution in [2.45, 2.75) is 72.6 Å². The van der Waals surface area contributed by atoms with Crippen LogP contribution < -0.4 is 0 Å². The van der Waals surface area contributed by atoms with Gasteiger partial charge in [0.15, 0.2) is 0 Å². The lowest BCUT2D eigenvalue weighted by Gasteiger charge is -2.36. The number of carbonyl (C=O) groups excluding carboxylic acids is 1. The summed E-state index contributed by atoms with van der Waals surface area (Å²) in [5.41, 5.74) is -2.77. The second-order valence-corrected chi connectivity index (χ2v) is 8.10. The van der Waals surface area contributed by atoms with E-state index >= 15 is 0 Å². The van der Waals surface area contributed by atoms with E-state index in [0.717, 1.165) is 13.8 Å². The molecule has 0 aliphatic rings. The van der Waals surface area contributed by atoms with Crippen LogP contribution in [0.5, 0.6) is 0 Å². The van der Waals surface area contributed by atoms with Crippen LogP contribution in [0, 0.1) is 10.8 Å². The Morgan fingerprint density at radius 3 is 1.59 bits per heavy atom. The molecule has 0 aromatic rings. The summed E-state index contributed by atoms with van der Waals surface area (Å²) in [5, 5.41) is 0. The van der Waals surface area contributed by atoms with Crippen molar-refractivity contribution in [3.05, 3.63) is 0 Å². The number of alkyl halides is 5. The van der Waals surface area contributed by atoms with Crippen LogP contribution in [0.1, 0.15) is 54.9 Å². The van der Waals surface area contributed by atoms with E-state index in [1.165, 1.54) is 0 Å². The molecule has 22 heavy (non-hydrogen) atoms. The van der Waals surface area contributed by atoms with Crippen LogP contribution in [0.3, 0.4) is 0 Å². The number of Topliss-reactive ketones (excluding diaryl/α,β-unsaturated/α-hetero) is 1. The molecule has 0 aromatic carbocycles. The van der Waals surface area contributed by atoms with Gasteiger partial charge in [-0.15, -0.1) is 0 Å². The Balaban J connectivity index is 5.02. The van der Waals surface area contributed by atoms with Gasteiger partial charge in [0.25, 0.3) is 0 Å². The fraction of sp³-hybridized carbons (Fsp3) is 0.933. The van der Waals surface area contributed by atoms with E-state index in [4.69, 9.17) is 4.74 Å². The standard InChI is InChI=1S/C15H25F5O2/c1-11(2,3)8-12(4,5)9-22-13(6,7)10(21)14(16,17)15(18,19)20/h8-9H2,1-7H3. The lowest BCUT2D eigenvalue weighted by molar-refractivity contribution is -0.276. The largest absolute Gasteiger partial charge is 0.461 e. The highest BCUT2D eigenvalue weighted by Crippen LogP contribution is 2.40. The zero-order chi connectivity index (χ0) is 18.2. The molecule has 0 atom stereocenters. The molecular weight excluding hydrogens is 307 g/mol. The molecule has 0 bridgehead atoms. The first kappa shape index (κ1) is 21.3. The Hall–Kier alpha value is -0.720. The molecule has 0 heterocycles. The van der Waals surface area contributed by atoms with Crippen molar-refractivity contribution >= 4 is 5.78 Å². The minimum absolute atomic E-state index is 0.0725. The van der Waals surface area contributed by atoms with Gasteiger partial charge in [0.05, 0.1) is 6.61 Å². The van der Waals surface area contributed by atoms with Gasteiger partial charge in [-0.1, -0.05) is 34.6 Å². The zero-order valence-corrected chi connectivity index (χ0v) is 14.1. The van der Waals surface area contributed by atoms with Gasteiger partial charge in [0, 0.05) is 0 Å². The van der Waals surface area contributed by atoms with Crippen LogP contribution in [0.2, 0.25) is 0 Å². The summed E-state index contributed by atoms with van der Waals surface area (Å²) < 4.78 is 68.3. The predicted octanol–water partition coefficient (Wildman–Crippen LogP) is 5.01. The fourth-order valence-corrected chi connectivity index (χ4v) is 2.43. The van der Waals surface area contributed by atoms with Crippen LogP contribution in [0.15, 0.2) is 0 Å². The minimum Gasteiger partial charge on any atom is -0.367 e. The second-order valence-electron chi connectivity index (χ2n) is 8.10. The maximum Gasteiger partial charge on any atom is 0.461 e. The van der Waals surface area contributed by atoms with Crippen LogP contribution in [-0.2, 0) is 9.53 Å². The zero-order valence-electron chi connectivity index (χ0n) is 14.1. The third kappa shape index (κ3) is 5.82. The number of rotatable bonds is 6. The average Bonchev–Trinajstić information content (AvgIpc) is 2.20. The second kappa shape index (κ2) is 6.06. The molecule has 132 valence electrons. The molecule has 0 saturated heterocycles. The number of hydrogen-bond donors (Lipinski definition) is 0. The van der Waals surface area contributed by atoms with Gasteiger partial charge >= 0.3 is 12.1 Å². The van der Waals surface area contributed by atoms with E-state index in [-0.39, 0.29) is 12.0 Å². The molecule has 0 N–H and O–H groups in total. The highest BCUT2D eigenvalue weighted by Gasteiger charge is 2.66. The van der Waals surface area contributed by atoms with Crippen molar-refractivity contribution in [2.24, 2.45) is 10.8 Å². The van der Waals surface area contributed by atoms with Gasteiger partial charge < -0.3 is 4.74 Å². The molecular formula is C15H25F5O2. The van der Waals surface area contributed by atoms with Gasteiger partial charge in [-0.3, -0.25) is 4.79 Å². The van der Waals surface area contributed by atoms with Gasteiger partial charge in [0.2, 0.25) is 5.78 Å². The van der Waals surface area contributed by atoms with Crippen molar-refractivity contribution in [2.75, 3.05) is 6.61 Å². The molecule has 0 unspecified atom stereocenters. The summed E-state index contributed by atoms with van der Waals surface area (Å²) in [6.07, 6.45) is -5.27. The summed E-state index contributed by atoms with van der Waals surface area (Å²) in [7, 11) is 0. The van der Waals surface area contributed by atoms with Crippen molar-refractivity contribution in [3.63, 3.8) is 0 Å². The molecule has 0 aliphatic heterocycles. The molecule has 2 nitrogen and oxygen atoms in total. The third-order valence-electron chi connectivity index (χ3n) is 3.02. The van der Waals surface area contributed by atoms with Gasteiger partial charge in [-0.25, -0.2) is 0 Å². The Kier molecular flexibility index (Phi) is 5.86. The number of halogens is 5. The van der Waals surface area contributed by atoms with Crippen molar-refractivity contribution in [3.8, 4) is 0 Å². The van der Waals surface area contributed by atoms with Gasteiger partial charge in [-0.2, -0.15) is 22.0 Å². The summed E-state index contributed by atoms with van der Waals surface area (Å²) >= 11 is 0. The normalized spacial score (nSPS) is 15.1. The maximum absolute atomic E-state index is 13.2. The van der Waals surface area contributed by atoms with Crippen LogP contribution in [0.25, 0.3) is 0 Å². The average molecular weight is 332 g/mol. The van der Waals surface area contributed by atoms with Crippen molar-refractivity contribution < 1.29 is 31.5 Å². The molecule has 0 saturated carbocycles. The lowest BCUT2D eigenvalue weighted by atomic mass is 9.77. The third-order valence-corrected chi connectivity index (χ3v) is 3.02. The number of hydrogen-bond acceptors (Lipinski definition) is 2. The summed E-state index contributed by atoms with van der Waals surface area (Å²) in [6.45, 7) is 11.3. The van der Waals surface area contributed by atoms with Crippen LogP contribution in [0.4, 0.5) is 22.0 Å². The topological polar surface area (TPSA) is 26.3 Å². The number of ether oxygens (including phenoxy) is 1. The first-order valence-electron chi connectivity index (χ1n) is 6.95. The van der Waals surface area contributed by atoms with Crippen LogP contribution in [-0.4, -0.2) is 30.1 Å². The van der Waals surface area contributed by atoms with E-state index in [0.29, 0.717) is 6.42 Å². The van der Waals surface area contributed by atoms with E-state index in [1.54, 1.807) is 13.8 Å². The molecule has 0 rings (SSSR count). The van der Waals surface area contributed by atoms with E-state index in [1.807, 2.05) is 20.8 Å². The molecule has 7 heteroatoms. The molecule has 0 radical (unpaired) electrons. The first-order chi connectivity index (χ1) is 9.32. The SMILES string of the molecule is CC(C)(C)CC(C)(C)COC(C)(C)C(=O)C(F)(F)C(F)(F)F. The Labute approximate surface area is 128 Å². The van der Waals surface area contributed by atoms with E-state index in [9.17, 15) is 26.7 Å². The van der Waals surface area contributed by atoms with Gasteiger partial charge in [-0.05, 0) is 31.1 Å². The molecule has 0 spiro atoms. The maximum atomic E-state index is 13.2. The predicted molar refractivity (Wildman–Crippen MR) is 73.9 cm³/mol. The van der Waals surface area contributed by atoms with Crippen molar-refractivity contribution in [1.29, 1.82) is 0 Å². The number of ketones is 1. The summed E-state index contributed by atoms with van der Waals surface area (Å²) in [5.74, 6) is -7.70. The minimum atomic E-state index is -5.92. The molecule has 0 aliphatic carbocycles. The fourth-order valence-electron chi connectivity index (χ4n) is 2.43. The molecule has 0 aromatic heterocycles. The highest BCUT2D eigenvalue weighted by molar-refractivity contribution is 5.93. The Morgan fingerprint density at radius 1 is 0.864 bits per heavy atom. The highest BCUT2D eigenvalue weighted by atomic mass is 19.4. The lowest BCUT2D eigenvalue weighted by Crippen LogP contribution is -2.54. The summed E-state index contributed by atoms with van der Waals surface area (Å²) in [4.78, 5) is 11.5. The number of carbonyl (C=O) groups is 1. The van der Waals surface area contributed by atoms with E-state index in [2.05, 4.69) is 0 Å². The monoisotopic (exact) mass is 332 g/mol. The van der Waals surface area contributed by atoms with Crippen LogP contribution >= 0.6 is 0 Å². The Morgan fingerprint density at radius 2 is 1.27 bits per heavy atom. The van der Waals surface area contributed by atoms with E-state index < -0.39 is 28.9 Å². The quantitative estimate of drug-likeness (QED) is 0.639. The van der Waals surface area contributed by atoms with Crippen molar-refractivity contribution in [1.82, 2.24) is 0 Å². The first-order valence-corrected chi connectivity index (χ1v) is 6.95. The Bertz CT molecular complexity index is 403. The molecule has 0 fully saturated rings. The van der Waals surface area contributed by atoms with Gasteiger partial charge in [0.1, 0.15) is 5.60 Å².